The molecule has 8 heteroatoms. The molecule has 0 aliphatic rings. The lowest BCUT2D eigenvalue weighted by molar-refractivity contribution is 0.291. The van der Waals surface area contributed by atoms with Crippen LogP contribution < -0.4 is 11.1 Å². The molecule has 0 atom stereocenters. The molecule has 0 amide bonds. The first kappa shape index (κ1) is 23.0. The summed E-state index contributed by atoms with van der Waals surface area (Å²) in [6.45, 7) is 8.85. The average molecular weight is 429 g/mol. The van der Waals surface area contributed by atoms with E-state index in [-0.39, 0.29) is 21.9 Å². The smallest absolute Gasteiger partial charge is 0.280 e. The molecule has 2 heterocycles. The molecule has 0 spiro atoms. The van der Waals surface area contributed by atoms with E-state index in [1.54, 1.807) is 0 Å². The fourth-order valence-electron chi connectivity index (χ4n) is 2.96. The summed E-state index contributed by atoms with van der Waals surface area (Å²) in [5.41, 5.74) is -0.0958. The molecular formula is C20H32N2O4S2. The molecule has 0 saturated heterocycles. The molecular weight excluding hydrogens is 396 g/mol. The first-order valence-corrected chi connectivity index (χ1v) is 12.0. The number of aromatic nitrogens is 2. The van der Waals surface area contributed by atoms with E-state index >= 15 is 0 Å². The fourth-order valence-corrected chi connectivity index (χ4v) is 5.70. The standard InChI is InChI=1S/C20H32N2O4S2/c1-19(2,13-15-11-17(23)21-25-15)5-7-27-9-10-28-8-6-20(3,4)14-16-12-18(24)22-26-16/h11-12H,5-10,13-14H2,1-4H3,(H,21,23)(H,22,24). The summed E-state index contributed by atoms with van der Waals surface area (Å²) < 4.78 is 10.3. The third-order valence-electron chi connectivity index (χ3n) is 4.67. The summed E-state index contributed by atoms with van der Waals surface area (Å²) in [5, 5.41) is 4.71. The molecule has 0 saturated carbocycles. The van der Waals surface area contributed by atoms with Crippen LogP contribution in [0.1, 0.15) is 52.1 Å². The van der Waals surface area contributed by atoms with Crippen molar-refractivity contribution in [3.05, 3.63) is 44.4 Å². The maximum absolute atomic E-state index is 11.1. The topological polar surface area (TPSA) is 92.0 Å². The van der Waals surface area contributed by atoms with Crippen LogP contribution in [-0.4, -0.2) is 33.3 Å². The molecule has 2 N–H and O–H groups in total. The molecule has 6 nitrogen and oxygen atoms in total. The zero-order chi connectivity index (χ0) is 20.6. The van der Waals surface area contributed by atoms with Gasteiger partial charge in [-0.1, -0.05) is 27.7 Å². The van der Waals surface area contributed by atoms with Gasteiger partial charge in [0.2, 0.25) is 0 Å². The van der Waals surface area contributed by atoms with Crippen LogP contribution in [0, 0.1) is 10.8 Å². The van der Waals surface area contributed by atoms with E-state index in [0.29, 0.717) is 0 Å². The van der Waals surface area contributed by atoms with E-state index < -0.39 is 0 Å². The minimum Gasteiger partial charge on any atom is -0.384 e. The Hall–Kier alpha value is -1.28. The Morgan fingerprint density at radius 3 is 1.46 bits per heavy atom. The van der Waals surface area contributed by atoms with Gasteiger partial charge in [-0.15, -0.1) is 0 Å². The Morgan fingerprint density at radius 2 is 1.14 bits per heavy atom. The molecule has 0 aliphatic heterocycles. The molecule has 2 rings (SSSR count). The zero-order valence-corrected chi connectivity index (χ0v) is 18.9. The van der Waals surface area contributed by atoms with Crippen LogP contribution in [0.3, 0.4) is 0 Å². The van der Waals surface area contributed by atoms with E-state index in [9.17, 15) is 9.59 Å². The largest absolute Gasteiger partial charge is 0.384 e. The molecule has 2 aromatic rings. The van der Waals surface area contributed by atoms with Gasteiger partial charge in [0, 0.05) is 36.5 Å². The predicted octanol–water partition coefficient (Wildman–Crippen LogP) is 4.33. The van der Waals surface area contributed by atoms with Crippen molar-refractivity contribution in [2.45, 2.75) is 53.4 Å². The highest BCUT2D eigenvalue weighted by Gasteiger charge is 2.21. The fraction of sp³-hybridized carbons (Fsp3) is 0.700. The van der Waals surface area contributed by atoms with Crippen LogP contribution in [0.15, 0.2) is 30.8 Å². The molecule has 158 valence electrons. The second-order valence-corrected chi connectivity index (χ2v) is 11.2. The molecule has 0 aliphatic carbocycles. The number of thioether (sulfide) groups is 2. The Kier molecular flexibility index (Phi) is 8.61. The monoisotopic (exact) mass is 428 g/mol. The molecule has 0 unspecified atom stereocenters. The van der Waals surface area contributed by atoms with Crippen molar-refractivity contribution in [2.75, 3.05) is 23.0 Å². The highest BCUT2D eigenvalue weighted by molar-refractivity contribution is 8.02. The lowest BCUT2D eigenvalue weighted by atomic mass is 9.85. The van der Waals surface area contributed by atoms with Crippen LogP contribution in [0.5, 0.6) is 0 Å². The second-order valence-electron chi connectivity index (χ2n) is 8.76. The van der Waals surface area contributed by atoms with Crippen LogP contribution in [0.2, 0.25) is 0 Å². The summed E-state index contributed by atoms with van der Waals surface area (Å²) in [6, 6.07) is 3.08. The van der Waals surface area contributed by atoms with Crippen LogP contribution in [0.25, 0.3) is 0 Å². The quantitative estimate of drug-likeness (QED) is 0.461. The van der Waals surface area contributed by atoms with Gasteiger partial charge >= 0.3 is 0 Å². The van der Waals surface area contributed by atoms with E-state index in [1.807, 2.05) is 23.5 Å². The van der Waals surface area contributed by atoms with Crippen molar-refractivity contribution < 1.29 is 9.05 Å². The molecule has 28 heavy (non-hydrogen) atoms. The van der Waals surface area contributed by atoms with E-state index in [0.717, 1.165) is 60.2 Å². The van der Waals surface area contributed by atoms with Gasteiger partial charge in [-0.2, -0.15) is 33.8 Å². The Balaban J connectivity index is 1.53. The lowest BCUT2D eigenvalue weighted by Crippen LogP contribution is -2.16. The number of nitrogens with one attached hydrogen (secondary N) is 2. The van der Waals surface area contributed by atoms with Crippen molar-refractivity contribution in [2.24, 2.45) is 10.8 Å². The molecule has 2 aromatic heterocycles. The summed E-state index contributed by atoms with van der Waals surface area (Å²) in [5.74, 6) is 5.98. The molecule has 0 radical (unpaired) electrons. The first-order chi connectivity index (χ1) is 13.2. The van der Waals surface area contributed by atoms with Crippen molar-refractivity contribution in [3.63, 3.8) is 0 Å². The Bertz CT molecular complexity index is 748. The van der Waals surface area contributed by atoms with E-state index in [4.69, 9.17) is 9.05 Å². The highest BCUT2D eigenvalue weighted by Crippen LogP contribution is 2.29. The van der Waals surface area contributed by atoms with Crippen LogP contribution >= 0.6 is 23.5 Å². The van der Waals surface area contributed by atoms with Crippen LogP contribution in [-0.2, 0) is 12.8 Å². The predicted molar refractivity (Wildman–Crippen MR) is 118 cm³/mol. The second kappa shape index (κ2) is 10.5. The van der Waals surface area contributed by atoms with Gasteiger partial charge in [-0.3, -0.25) is 9.59 Å². The van der Waals surface area contributed by atoms with Crippen molar-refractivity contribution >= 4 is 23.5 Å². The first-order valence-electron chi connectivity index (χ1n) is 9.66. The number of H-pyrrole nitrogens is 2. The normalized spacial score (nSPS) is 12.6. The van der Waals surface area contributed by atoms with Gasteiger partial charge in [-0.25, -0.2) is 0 Å². The van der Waals surface area contributed by atoms with Gasteiger partial charge in [-0.05, 0) is 35.2 Å². The van der Waals surface area contributed by atoms with Crippen molar-refractivity contribution in [1.82, 2.24) is 10.3 Å². The van der Waals surface area contributed by atoms with Gasteiger partial charge in [0.05, 0.1) is 0 Å². The SMILES string of the molecule is CC(C)(CCSCCSCCC(C)(C)Cc1cc(=O)[nH]o1)Cc1cc(=O)[nH]o1. The van der Waals surface area contributed by atoms with Crippen molar-refractivity contribution in [1.29, 1.82) is 0 Å². The van der Waals surface area contributed by atoms with Gasteiger partial charge in [0.15, 0.2) is 0 Å². The third-order valence-corrected chi connectivity index (χ3v) is 6.90. The number of rotatable bonds is 13. The van der Waals surface area contributed by atoms with Gasteiger partial charge in [0.1, 0.15) is 11.5 Å². The van der Waals surface area contributed by atoms with E-state index in [1.165, 1.54) is 12.1 Å². The van der Waals surface area contributed by atoms with E-state index in [2.05, 4.69) is 38.0 Å². The number of hydrogen-bond donors (Lipinski definition) is 2. The van der Waals surface area contributed by atoms with Crippen LogP contribution in [0.4, 0.5) is 0 Å². The minimum atomic E-state index is -0.168. The Labute approximate surface area is 174 Å². The zero-order valence-electron chi connectivity index (χ0n) is 17.3. The number of aromatic amines is 2. The summed E-state index contributed by atoms with van der Waals surface area (Å²) in [4.78, 5) is 22.3. The highest BCUT2D eigenvalue weighted by atomic mass is 32.2. The third kappa shape index (κ3) is 8.82. The molecule has 0 fully saturated rings. The molecule has 0 aromatic carbocycles. The Morgan fingerprint density at radius 1 is 0.750 bits per heavy atom. The summed E-state index contributed by atoms with van der Waals surface area (Å²) in [6.07, 6.45) is 3.73. The number of hydrogen-bond acceptors (Lipinski definition) is 6. The maximum Gasteiger partial charge on any atom is 0.280 e. The molecule has 0 bridgehead atoms. The summed E-state index contributed by atoms with van der Waals surface area (Å²) >= 11 is 3.97. The van der Waals surface area contributed by atoms with Crippen molar-refractivity contribution in [3.8, 4) is 0 Å². The minimum absolute atomic E-state index is 0.121. The lowest BCUT2D eigenvalue weighted by Gasteiger charge is -2.23. The van der Waals surface area contributed by atoms with Gasteiger partial charge < -0.3 is 9.05 Å². The van der Waals surface area contributed by atoms with Gasteiger partial charge in [0.25, 0.3) is 11.1 Å². The average Bonchev–Trinajstić information content (AvgIpc) is 3.17. The maximum atomic E-state index is 11.1. The summed E-state index contributed by atoms with van der Waals surface area (Å²) in [7, 11) is 0.